The standard InChI is InChI=1S/C24H26N2O5S/c1-16-20(11-8-12-21(16)26-32(28,29)19-9-6-5-7-10-19)24(27)25-17(2)18-13-14-22(30-3)23(15-18)31-4/h5-15,17,26H,1-4H3,(H,25,27)/t17-/m0/s1. The first-order chi connectivity index (χ1) is 15.3. The van der Waals surface area contributed by atoms with E-state index < -0.39 is 10.0 Å². The largest absolute Gasteiger partial charge is 0.493 e. The van der Waals surface area contributed by atoms with Gasteiger partial charge in [0.15, 0.2) is 11.5 Å². The summed E-state index contributed by atoms with van der Waals surface area (Å²) < 4.78 is 38.5. The Hall–Kier alpha value is -3.52. The summed E-state index contributed by atoms with van der Waals surface area (Å²) in [7, 11) is -0.654. The average molecular weight is 455 g/mol. The van der Waals surface area contributed by atoms with Crippen molar-refractivity contribution >= 4 is 21.6 Å². The zero-order chi connectivity index (χ0) is 23.3. The average Bonchev–Trinajstić information content (AvgIpc) is 2.80. The number of ether oxygens (including phenoxy) is 2. The van der Waals surface area contributed by atoms with Gasteiger partial charge in [-0.05, 0) is 61.4 Å². The number of nitrogens with one attached hydrogen (secondary N) is 2. The third-order valence-corrected chi connectivity index (χ3v) is 6.51. The maximum absolute atomic E-state index is 13.0. The summed E-state index contributed by atoms with van der Waals surface area (Å²) in [5.74, 6) is 0.856. The van der Waals surface area contributed by atoms with Crippen molar-refractivity contribution in [3.63, 3.8) is 0 Å². The zero-order valence-electron chi connectivity index (χ0n) is 18.4. The van der Waals surface area contributed by atoms with Crippen LogP contribution in [0.2, 0.25) is 0 Å². The van der Waals surface area contributed by atoms with Gasteiger partial charge in [-0.1, -0.05) is 30.3 Å². The first-order valence-electron chi connectivity index (χ1n) is 9.97. The lowest BCUT2D eigenvalue weighted by Crippen LogP contribution is -2.27. The van der Waals surface area contributed by atoms with E-state index in [-0.39, 0.29) is 16.8 Å². The van der Waals surface area contributed by atoms with Gasteiger partial charge >= 0.3 is 0 Å². The highest BCUT2D eigenvalue weighted by Crippen LogP contribution is 2.30. The van der Waals surface area contributed by atoms with Gasteiger partial charge in [-0.3, -0.25) is 9.52 Å². The number of carbonyl (C=O) groups is 1. The molecule has 1 amide bonds. The van der Waals surface area contributed by atoms with Crippen molar-refractivity contribution in [2.24, 2.45) is 0 Å². The molecule has 8 heteroatoms. The Balaban J connectivity index is 1.81. The van der Waals surface area contributed by atoms with Crippen molar-refractivity contribution in [3.8, 4) is 11.5 Å². The number of anilines is 1. The number of methoxy groups -OCH3 is 2. The highest BCUT2D eigenvalue weighted by atomic mass is 32.2. The molecule has 0 heterocycles. The minimum absolute atomic E-state index is 0.149. The highest BCUT2D eigenvalue weighted by Gasteiger charge is 2.19. The van der Waals surface area contributed by atoms with Crippen LogP contribution in [0.15, 0.2) is 71.6 Å². The number of amides is 1. The Morgan fingerprint density at radius 3 is 2.25 bits per heavy atom. The number of sulfonamides is 1. The molecule has 0 aromatic heterocycles. The van der Waals surface area contributed by atoms with Crippen molar-refractivity contribution in [1.29, 1.82) is 0 Å². The molecule has 3 aromatic carbocycles. The third-order valence-electron chi connectivity index (χ3n) is 5.13. The molecule has 0 aliphatic heterocycles. The Bertz CT molecular complexity index is 1210. The molecule has 2 N–H and O–H groups in total. The lowest BCUT2D eigenvalue weighted by Gasteiger charge is -2.18. The second-order valence-corrected chi connectivity index (χ2v) is 8.89. The maximum atomic E-state index is 13.0. The molecule has 0 radical (unpaired) electrons. The second kappa shape index (κ2) is 9.74. The lowest BCUT2D eigenvalue weighted by atomic mass is 10.0. The predicted molar refractivity (Wildman–Crippen MR) is 124 cm³/mol. The van der Waals surface area contributed by atoms with Gasteiger partial charge in [0.05, 0.1) is 30.8 Å². The molecule has 0 saturated heterocycles. The van der Waals surface area contributed by atoms with Gasteiger partial charge in [-0.25, -0.2) is 8.42 Å². The molecular weight excluding hydrogens is 428 g/mol. The van der Waals surface area contributed by atoms with Crippen LogP contribution in [0.3, 0.4) is 0 Å². The van der Waals surface area contributed by atoms with Gasteiger partial charge in [-0.15, -0.1) is 0 Å². The van der Waals surface area contributed by atoms with E-state index in [1.807, 2.05) is 13.0 Å². The molecule has 168 valence electrons. The fourth-order valence-electron chi connectivity index (χ4n) is 3.28. The number of hydrogen-bond acceptors (Lipinski definition) is 5. The molecule has 1 atom stereocenters. The molecule has 3 aromatic rings. The van der Waals surface area contributed by atoms with Crippen molar-refractivity contribution in [3.05, 3.63) is 83.4 Å². The SMILES string of the molecule is COc1ccc([C@H](C)NC(=O)c2cccc(NS(=O)(=O)c3ccccc3)c2C)cc1OC. The minimum Gasteiger partial charge on any atom is -0.493 e. The summed E-state index contributed by atoms with van der Waals surface area (Å²) in [4.78, 5) is 13.1. The Morgan fingerprint density at radius 1 is 0.906 bits per heavy atom. The Kier molecular flexibility index (Phi) is 7.05. The van der Waals surface area contributed by atoms with Crippen LogP contribution >= 0.6 is 0 Å². The molecule has 0 saturated carbocycles. The highest BCUT2D eigenvalue weighted by molar-refractivity contribution is 7.92. The summed E-state index contributed by atoms with van der Waals surface area (Å²) in [5.41, 5.74) is 2.10. The number of carbonyl (C=O) groups excluding carboxylic acids is 1. The molecule has 0 fully saturated rings. The van der Waals surface area contributed by atoms with Crippen LogP contribution in [0.4, 0.5) is 5.69 Å². The van der Waals surface area contributed by atoms with Crippen molar-refractivity contribution in [2.75, 3.05) is 18.9 Å². The zero-order valence-corrected chi connectivity index (χ0v) is 19.2. The summed E-state index contributed by atoms with van der Waals surface area (Å²) >= 11 is 0. The normalized spacial score (nSPS) is 12.0. The topological polar surface area (TPSA) is 93.7 Å². The first kappa shape index (κ1) is 23.1. The molecule has 0 spiro atoms. The van der Waals surface area contributed by atoms with Crippen LogP contribution in [0, 0.1) is 6.92 Å². The van der Waals surface area contributed by atoms with Crippen LogP contribution in [-0.4, -0.2) is 28.5 Å². The smallest absolute Gasteiger partial charge is 0.261 e. The monoisotopic (exact) mass is 454 g/mol. The van der Waals surface area contributed by atoms with Crippen LogP contribution in [0.1, 0.15) is 34.5 Å². The summed E-state index contributed by atoms with van der Waals surface area (Å²) in [5, 5.41) is 2.95. The summed E-state index contributed by atoms with van der Waals surface area (Å²) in [6, 6.07) is 18.1. The van der Waals surface area contributed by atoms with Gasteiger partial charge in [0, 0.05) is 5.56 Å². The van der Waals surface area contributed by atoms with Crippen LogP contribution in [0.5, 0.6) is 11.5 Å². The van der Waals surface area contributed by atoms with Crippen LogP contribution < -0.4 is 19.5 Å². The molecule has 0 aliphatic rings. The van der Waals surface area contributed by atoms with E-state index in [0.29, 0.717) is 28.3 Å². The molecule has 7 nitrogen and oxygen atoms in total. The minimum atomic E-state index is -3.77. The van der Waals surface area contributed by atoms with E-state index >= 15 is 0 Å². The van der Waals surface area contributed by atoms with Gasteiger partial charge in [0.2, 0.25) is 0 Å². The predicted octanol–water partition coefficient (Wildman–Crippen LogP) is 4.30. The lowest BCUT2D eigenvalue weighted by molar-refractivity contribution is 0.0939. The summed E-state index contributed by atoms with van der Waals surface area (Å²) in [6.07, 6.45) is 0. The molecule has 32 heavy (non-hydrogen) atoms. The van der Waals surface area contributed by atoms with Gasteiger partial charge in [0.1, 0.15) is 0 Å². The van der Waals surface area contributed by atoms with Gasteiger partial charge in [0.25, 0.3) is 15.9 Å². The van der Waals surface area contributed by atoms with E-state index in [1.165, 1.54) is 12.1 Å². The van der Waals surface area contributed by atoms with E-state index in [2.05, 4.69) is 10.0 Å². The van der Waals surface area contributed by atoms with E-state index in [0.717, 1.165) is 5.56 Å². The van der Waals surface area contributed by atoms with Crippen molar-refractivity contribution < 1.29 is 22.7 Å². The van der Waals surface area contributed by atoms with E-state index in [9.17, 15) is 13.2 Å². The van der Waals surface area contributed by atoms with Gasteiger partial charge in [-0.2, -0.15) is 0 Å². The third kappa shape index (κ3) is 5.03. The first-order valence-corrected chi connectivity index (χ1v) is 11.5. The molecular formula is C24H26N2O5S. The molecule has 3 rings (SSSR count). The fraction of sp³-hybridized carbons (Fsp3) is 0.208. The van der Waals surface area contributed by atoms with Gasteiger partial charge < -0.3 is 14.8 Å². The quantitative estimate of drug-likeness (QED) is 0.529. The number of hydrogen-bond donors (Lipinski definition) is 2. The second-order valence-electron chi connectivity index (χ2n) is 7.21. The molecule has 0 bridgehead atoms. The van der Waals surface area contributed by atoms with E-state index in [4.69, 9.17) is 9.47 Å². The summed E-state index contributed by atoms with van der Waals surface area (Å²) in [6.45, 7) is 3.56. The van der Waals surface area contributed by atoms with Crippen LogP contribution in [-0.2, 0) is 10.0 Å². The number of benzene rings is 3. The number of rotatable bonds is 8. The Labute approximate surface area is 188 Å². The molecule has 0 aliphatic carbocycles. The fourth-order valence-corrected chi connectivity index (χ4v) is 4.42. The Morgan fingerprint density at radius 2 is 1.59 bits per heavy atom. The molecule has 0 unspecified atom stereocenters. The maximum Gasteiger partial charge on any atom is 0.261 e. The van der Waals surface area contributed by atoms with E-state index in [1.54, 1.807) is 69.7 Å². The van der Waals surface area contributed by atoms with Crippen LogP contribution in [0.25, 0.3) is 0 Å². The van der Waals surface area contributed by atoms with Crippen molar-refractivity contribution in [1.82, 2.24) is 5.32 Å². The van der Waals surface area contributed by atoms with Crippen molar-refractivity contribution in [2.45, 2.75) is 24.8 Å².